The minimum atomic E-state index is -4.00. The third kappa shape index (κ3) is 4.70. The Morgan fingerprint density at radius 3 is 2.68 bits per heavy atom. The van der Waals surface area contributed by atoms with Crippen LogP contribution in [-0.4, -0.2) is 55.5 Å². The second-order valence-corrected chi connectivity index (χ2v) is 9.30. The number of hydrogen-bond donors (Lipinski definition) is 1. The first-order valence-electron chi connectivity index (χ1n) is 9.68. The fourth-order valence-electron chi connectivity index (χ4n) is 3.48. The number of methoxy groups -OCH3 is 1. The van der Waals surface area contributed by atoms with Gasteiger partial charge in [-0.1, -0.05) is 11.6 Å². The molecule has 1 N–H and O–H groups in total. The van der Waals surface area contributed by atoms with Crippen LogP contribution in [0.4, 0.5) is 5.69 Å². The van der Waals surface area contributed by atoms with Crippen LogP contribution in [0.1, 0.15) is 30.3 Å². The van der Waals surface area contributed by atoms with Crippen molar-refractivity contribution in [3.05, 3.63) is 41.2 Å². The molecule has 0 saturated carbocycles. The number of esters is 1. The van der Waals surface area contributed by atoms with Gasteiger partial charge in [0.1, 0.15) is 22.4 Å². The lowest BCUT2D eigenvalue weighted by Gasteiger charge is -2.23. The Kier molecular flexibility index (Phi) is 6.93. The predicted octanol–water partition coefficient (Wildman–Crippen LogP) is 2.66. The molecule has 1 amide bonds. The molecular formula is C20H24ClN3O6S. The molecule has 1 fully saturated rings. The number of halogens is 1. The maximum Gasteiger partial charge on any atom is 0.354 e. The number of carbonyl (C=O) groups is 2. The summed E-state index contributed by atoms with van der Waals surface area (Å²) in [4.78, 5) is 24.8. The van der Waals surface area contributed by atoms with E-state index < -0.39 is 27.9 Å². The van der Waals surface area contributed by atoms with Crippen LogP contribution in [0.2, 0.25) is 5.02 Å². The average molecular weight is 470 g/mol. The van der Waals surface area contributed by atoms with Gasteiger partial charge >= 0.3 is 5.97 Å². The van der Waals surface area contributed by atoms with Gasteiger partial charge in [-0.15, -0.1) is 0 Å². The molecule has 3 rings (SSSR count). The number of nitrogens with one attached hydrogen (secondary N) is 1. The first-order chi connectivity index (χ1) is 14.7. The number of carbonyl (C=O) groups excluding carboxylic acids is 2. The Morgan fingerprint density at radius 1 is 1.29 bits per heavy atom. The zero-order valence-electron chi connectivity index (χ0n) is 17.4. The highest BCUT2D eigenvalue weighted by molar-refractivity contribution is 7.89. The van der Waals surface area contributed by atoms with Gasteiger partial charge in [-0.05, 0) is 44.0 Å². The van der Waals surface area contributed by atoms with Crippen LogP contribution in [-0.2, 0) is 26.6 Å². The minimum Gasteiger partial charge on any atom is -0.495 e. The topological polar surface area (TPSA) is 107 Å². The van der Waals surface area contributed by atoms with Crippen molar-refractivity contribution < 1.29 is 27.5 Å². The SMILES string of the molecule is CCOC(=O)c1cc(S(=O)(=O)N2CCCC2C(=O)Nc2ccc(OC)c(Cl)c2)cn1C. The lowest BCUT2D eigenvalue weighted by atomic mass is 10.2. The van der Waals surface area contributed by atoms with Gasteiger partial charge in [-0.25, -0.2) is 13.2 Å². The van der Waals surface area contributed by atoms with Gasteiger partial charge in [-0.3, -0.25) is 4.79 Å². The number of aromatic nitrogens is 1. The summed E-state index contributed by atoms with van der Waals surface area (Å²) < 4.78 is 39.1. The highest BCUT2D eigenvalue weighted by Crippen LogP contribution is 2.30. The van der Waals surface area contributed by atoms with E-state index in [9.17, 15) is 18.0 Å². The van der Waals surface area contributed by atoms with Crippen LogP contribution in [0.25, 0.3) is 0 Å². The van der Waals surface area contributed by atoms with Gasteiger partial charge in [0.15, 0.2) is 0 Å². The van der Waals surface area contributed by atoms with Crippen LogP contribution in [0.5, 0.6) is 5.75 Å². The highest BCUT2D eigenvalue weighted by atomic mass is 35.5. The number of amides is 1. The summed E-state index contributed by atoms with van der Waals surface area (Å²) in [5, 5.41) is 3.04. The molecule has 31 heavy (non-hydrogen) atoms. The Hall–Kier alpha value is -2.56. The standard InChI is InChI=1S/C20H24ClN3O6S/c1-4-30-20(26)17-11-14(12-23(17)2)31(27,28)24-9-5-6-16(24)19(25)22-13-7-8-18(29-3)15(21)10-13/h7-8,10-12,16H,4-6,9H2,1-3H3,(H,22,25). The second-order valence-electron chi connectivity index (χ2n) is 7.00. The monoisotopic (exact) mass is 469 g/mol. The molecule has 1 saturated heterocycles. The van der Waals surface area contributed by atoms with Crippen LogP contribution in [0.15, 0.2) is 35.4 Å². The van der Waals surface area contributed by atoms with Gasteiger partial charge in [0.25, 0.3) is 0 Å². The zero-order valence-corrected chi connectivity index (χ0v) is 19.0. The summed E-state index contributed by atoms with van der Waals surface area (Å²) in [6, 6.07) is 5.16. The summed E-state index contributed by atoms with van der Waals surface area (Å²) in [6.07, 6.45) is 2.27. The van der Waals surface area contributed by atoms with E-state index in [1.165, 1.54) is 30.0 Å². The van der Waals surface area contributed by atoms with E-state index in [-0.39, 0.29) is 23.7 Å². The van der Waals surface area contributed by atoms with Crippen molar-refractivity contribution in [2.45, 2.75) is 30.7 Å². The lowest BCUT2D eigenvalue weighted by molar-refractivity contribution is -0.119. The molecule has 1 atom stereocenters. The first-order valence-corrected chi connectivity index (χ1v) is 11.5. The Labute approximate surface area is 185 Å². The molecule has 1 aliphatic rings. The lowest BCUT2D eigenvalue weighted by Crippen LogP contribution is -2.43. The largest absolute Gasteiger partial charge is 0.495 e. The smallest absolute Gasteiger partial charge is 0.354 e. The van der Waals surface area contributed by atoms with Crippen LogP contribution in [0.3, 0.4) is 0 Å². The number of rotatable bonds is 7. The molecule has 2 aromatic rings. The molecule has 1 aromatic heterocycles. The number of benzene rings is 1. The van der Waals surface area contributed by atoms with Crippen molar-refractivity contribution in [2.24, 2.45) is 7.05 Å². The van der Waals surface area contributed by atoms with Crippen molar-refractivity contribution in [1.29, 1.82) is 0 Å². The predicted molar refractivity (Wildman–Crippen MR) is 115 cm³/mol. The molecule has 0 spiro atoms. The molecule has 1 aromatic carbocycles. The maximum atomic E-state index is 13.2. The number of hydrogen-bond acceptors (Lipinski definition) is 6. The third-order valence-electron chi connectivity index (χ3n) is 5.00. The normalized spacial score (nSPS) is 16.8. The summed E-state index contributed by atoms with van der Waals surface area (Å²) >= 11 is 6.10. The molecular weight excluding hydrogens is 446 g/mol. The van der Waals surface area contributed by atoms with E-state index in [1.807, 2.05) is 0 Å². The molecule has 168 valence electrons. The van der Waals surface area contributed by atoms with Gasteiger partial charge in [-0.2, -0.15) is 4.31 Å². The van der Waals surface area contributed by atoms with E-state index in [0.717, 1.165) is 4.31 Å². The molecule has 1 unspecified atom stereocenters. The number of aryl methyl sites for hydroxylation is 1. The number of ether oxygens (including phenoxy) is 2. The van der Waals surface area contributed by atoms with Gasteiger partial charge in [0.2, 0.25) is 15.9 Å². The van der Waals surface area contributed by atoms with Crippen LogP contribution < -0.4 is 10.1 Å². The summed E-state index contributed by atoms with van der Waals surface area (Å²) in [7, 11) is -0.950. The molecule has 1 aliphatic heterocycles. The molecule has 0 aliphatic carbocycles. The molecule has 11 heteroatoms. The number of anilines is 1. The summed E-state index contributed by atoms with van der Waals surface area (Å²) in [5.74, 6) is -0.603. The third-order valence-corrected chi connectivity index (χ3v) is 7.17. The van der Waals surface area contributed by atoms with Gasteiger partial charge in [0, 0.05) is 25.5 Å². The Balaban J connectivity index is 1.82. The Bertz CT molecular complexity index is 1100. The van der Waals surface area contributed by atoms with Gasteiger partial charge < -0.3 is 19.4 Å². The van der Waals surface area contributed by atoms with E-state index in [4.69, 9.17) is 21.1 Å². The van der Waals surface area contributed by atoms with E-state index >= 15 is 0 Å². The van der Waals surface area contributed by atoms with Gasteiger partial charge in [0.05, 0.1) is 18.7 Å². The molecule has 2 heterocycles. The second kappa shape index (κ2) is 9.29. The molecule has 0 bridgehead atoms. The average Bonchev–Trinajstić information content (AvgIpc) is 3.36. The van der Waals surface area contributed by atoms with Crippen molar-refractivity contribution in [3.8, 4) is 5.75 Å². The maximum absolute atomic E-state index is 13.2. The fourth-order valence-corrected chi connectivity index (χ4v) is 5.46. The quantitative estimate of drug-likeness (QED) is 0.625. The highest BCUT2D eigenvalue weighted by Gasteiger charge is 2.40. The van der Waals surface area contributed by atoms with Crippen molar-refractivity contribution >= 4 is 39.2 Å². The Morgan fingerprint density at radius 2 is 2.03 bits per heavy atom. The van der Waals surface area contributed by atoms with E-state index in [2.05, 4.69) is 5.32 Å². The fraction of sp³-hybridized carbons (Fsp3) is 0.400. The van der Waals surface area contributed by atoms with Crippen molar-refractivity contribution in [3.63, 3.8) is 0 Å². The molecule has 9 nitrogen and oxygen atoms in total. The molecule has 0 radical (unpaired) electrons. The first kappa shape index (κ1) is 23.1. The van der Waals surface area contributed by atoms with Crippen LogP contribution >= 0.6 is 11.6 Å². The van der Waals surface area contributed by atoms with Crippen molar-refractivity contribution in [1.82, 2.24) is 8.87 Å². The number of nitrogens with zero attached hydrogens (tertiary/aromatic N) is 2. The van der Waals surface area contributed by atoms with E-state index in [1.54, 1.807) is 26.1 Å². The summed E-state index contributed by atoms with van der Waals surface area (Å²) in [6.45, 7) is 2.05. The van der Waals surface area contributed by atoms with Crippen molar-refractivity contribution in [2.75, 3.05) is 25.6 Å². The van der Waals surface area contributed by atoms with E-state index in [0.29, 0.717) is 29.3 Å². The minimum absolute atomic E-state index is 0.0646. The summed E-state index contributed by atoms with van der Waals surface area (Å²) in [5.41, 5.74) is 0.554. The number of sulfonamides is 1. The zero-order chi connectivity index (χ0) is 22.8. The van der Waals surface area contributed by atoms with Crippen LogP contribution in [0, 0.1) is 0 Å².